The van der Waals surface area contributed by atoms with Crippen LogP contribution in [0.1, 0.15) is 6.42 Å². The summed E-state index contributed by atoms with van der Waals surface area (Å²) in [5, 5.41) is 15.3. The molecule has 0 aromatic carbocycles. The van der Waals surface area contributed by atoms with Crippen molar-refractivity contribution in [3.05, 3.63) is 12.3 Å². The maximum absolute atomic E-state index is 11.4. The van der Waals surface area contributed by atoms with Gasteiger partial charge in [0, 0.05) is 25.1 Å². The molecule has 4 N–H and O–H groups in total. The molecule has 0 spiro atoms. The van der Waals surface area contributed by atoms with Gasteiger partial charge in [0.1, 0.15) is 12.4 Å². The highest BCUT2D eigenvalue weighted by molar-refractivity contribution is 7.99. The fraction of sp³-hybridized carbons (Fsp3) is 0.600. The molecule has 0 aliphatic rings. The summed E-state index contributed by atoms with van der Waals surface area (Å²) in [6.07, 6.45) is 2.47. The molecule has 0 aliphatic carbocycles. The average molecular weight is 258 g/mol. The van der Waals surface area contributed by atoms with Crippen LogP contribution in [0, 0.1) is 0 Å². The molecule has 1 rings (SSSR count). The number of aromatic nitrogens is 2. The van der Waals surface area contributed by atoms with E-state index in [-0.39, 0.29) is 19.1 Å². The highest BCUT2D eigenvalue weighted by Gasteiger charge is 2.02. The second-order valence-corrected chi connectivity index (χ2v) is 4.70. The summed E-state index contributed by atoms with van der Waals surface area (Å²) in [5.41, 5.74) is 5.44. The Morgan fingerprint density at radius 2 is 2.41 bits per heavy atom. The molecular formula is C10H18N4O2S. The highest BCUT2D eigenvalue weighted by Crippen LogP contribution is 2.00. The van der Waals surface area contributed by atoms with Crippen LogP contribution in [0.2, 0.25) is 0 Å². The second kappa shape index (κ2) is 7.97. The molecule has 0 radical (unpaired) electrons. The van der Waals surface area contributed by atoms with E-state index in [9.17, 15) is 4.79 Å². The van der Waals surface area contributed by atoms with Crippen LogP contribution in [0.5, 0.6) is 0 Å². The molecule has 6 nitrogen and oxygen atoms in total. The third kappa shape index (κ3) is 6.18. The maximum Gasteiger partial charge on any atom is 0.241 e. The molecule has 0 fully saturated rings. The number of aliphatic hydroxyl groups is 1. The number of nitrogens with two attached hydrogens (primary N) is 1. The number of rotatable bonds is 8. The summed E-state index contributed by atoms with van der Waals surface area (Å²) < 4.78 is 1.50. The summed E-state index contributed by atoms with van der Waals surface area (Å²) in [7, 11) is 0. The van der Waals surface area contributed by atoms with Crippen molar-refractivity contribution in [3.8, 4) is 0 Å². The standard InChI is InChI=1S/C10H18N4O2S/c11-9-2-4-14(13-9)8-10(16)12-3-7-17-6-1-5-15/h2,4,15H,1,3,5-8H2,(H2,11,13)(H,12,16). The largest absolute Gasteiger partial charge is 0.396 e. The molecule has 1 aromatic rings. The Labute approximate surface area is 105 Å². The maximum atomic E-state index is 11.4. The quantitative estimate of drug-likeness (QED) is 0.557. The number of carbonyl (C=O) groups is 1. The fourth-order valence-electron chi connectivity index (χ4n) is 1.20. The molecular weight excluding hydrogens is 240 g/mol. The number of hydrogen-bond donors (Lipinski definition) is 3. The van der Waals surface area contributed by atoms with E-state index in [2.05, 4.69) is 10.4 Å². The fourth-order valence-corrected chi connectivity index (χ4v) is 1.98. The van der Waals surface area contributed by atoms with E-state index in [1.165, 1.54) is 4.68 Å². The third-order valence-corrected chi connectivity index (χ3v) is 3.05. The first-order chi connectivity index (χ1) is 8.22. The smallest absolute Gasteiger partial charge is 0.241 e. The molecule has 0 unspecified atom stereocenters. The molecule has 0 aliphatic heterocycles. The summed E-state index contributed by atoms with van der Waals surface area (Å²) >= 11 is 1.71. The van der Waals surface area contributed by atoms with E-state index < -0.39 is 0 Å². The van der Waals surface area contributed by atoms with Gasteiger partial charge in [-0.3, -0.25) is 9.48 Å². The summed E-state index contributed by atoms with van der Waals surface area (Å²) in [5.74, 6) is 2.11. The van der Waals surface area contributed by atoms with Crippen molar-refractivity contribution in [1.29, 1.82) is 0 Å². The van der Waals surface area contributed by atoms with Crippen LogP contribution in [0.4, 0.5) is 5.82 Å². The molecule has 7 heteroatoms. The average Bonchev–Trinajstić information content (AvgIpc) is 2.69. The highest BCUT2D eigenvalue weighted by atomic mass is 32.2. The first kappa shape index (κ1) is 13.9. The van der Waals surface area contributed by atoms with Gasteiger partial charge < -0.3 is 16.2 Å². The van der Waals surface area contributed by atoms with Gasteiger partial charge in [0.15, 0.2) is 0 Å². The van der Waals surface area contributed by atoms with E-state index in [1.54, 1.807) is 24.0 Å². The zero-order valence-corrected chi connectivity index (χ0v) is 10.4. The molecule has 1 aromatic heterocycles. The van der Waals surface area contributed by atoms with Crippen molar-refractivity contribution in [2.75, 3.05) is 30.4 Å². The van der Waals surface area contributed by atoms with Crippen LogP contribution >= 0.6 is 11.8 Å². The van der Waals surface area contributed by atoms with Gasteiger partial charge in [0.05, 0.1) is 0 Å². The molecule has 96 valence electrons. The van der Waals surface area contributed by atoms with Crippen LogP contribution in [-0.2, 0) is 11.3 Å². The zero-order chi connectivity index (χ0) is 12.5. The number of thioether (sulfide) groups is 1. The van der Waals surface area contributed by atoms with Gasteiger partial charge in [0.25, 0.3) is 0 Å². The minimum Gasteiger partial charge on any atom is -0.396 e. The Balaban J connectivity index is 2.05. The van der Waals surface area contributed by atoms with E-state index in [0.29, 0.717) is 12.4 Å². The lowest BCUT2D eigenvalue weighted by molar-refractivity contribution is -0.121. The Morgan fingerprint density at radius 3 is 3.06 bits per heavy atom. The summed E-state index contributed by atoms with van der Waals surface area (Å²) in [4.78, 5) is 11.4. The van der Waals surface area contributed by atoms with Gasteiger partial charge in [-0.1, -0.05) is 0 Å². The summed E-state index contributed by atoms with van der Waals surface area (Å²) in [6, 6.07) is 1.65. The van der Waals surface area contributed by atoms with Crippen molar-refractivity contribution in [3.63, 3.8) is 0 Å². The predicted octanol–water partition coefficient (Wildman–Crippen LogP) is -0.303. The normalized spacial score (nSPS) is 10.4. The molecule has 0 saturated heterocycles. The predicted molar refractivity (Wildman–Crippen MR) is 68.7 cm³/mol. The van der Waals surface area contributed by atoms with Gasteiger partial charge in [-0.15, -0.1) is 0 Å². The number of aliphatic hydroxyl groups excluding tert-OH is 1. The van der Waals surface area contributed by atoms with E-state index >= 15 is 0 Å². The number of nitrogens with zero attached hydrogens (tertiary/aromatic N) is 2. The molecule has 0 atom stereocenters. The van der Waals surface area contributed by atoms with Crippen molar-refractivity contribution >= 4 is 23.5 Å². The number of amides is 1. The van der Waals surface area contributed by atoms with Crippen LogP contribution in [-0.4, -0.2) is 45.5 Å². The molecule has 1 amide bonds. The van der Waals surface area contributed by atoms with E-state index in [4.69, 9.17) is 10.8 Å². The Bertz CT molecular complexity index is 343. The molecule has 17 heavy (non-hydrogen) atoms. The number of nitrogens with one attached hydrogen (secondary N) is 1. The van der Waals surface area contributed by atoms with Gasteiger partial charge in [0.2, 0.25) is 5.91 Å². The van der Waals surface area contributed by atoms with Crippen molar-refractivity contribution in [2.45, 2.75) is 13.0 Å². The monoisotopic (exact) mass is 258 g/mol. The minimum atomic E-state index is -0.0733. The molecule has 0 saturated carbocycles. The topological polar surface area (TPSA) is 93.2 Å². The first-order valence-electron chi connectivity index (χ1n) is 5.46. The van der Waals surface area contributed by atoms with Crippen molar-refractivity contribution in [1.82, 2.24) is 15.1 Å². The number of carbonyl (C=O) groups excluding carboxylic acids is 1. The van der Waals surface area contributed by atoms with Gasteiger partial charge in [-0.05, 0) is 18.2 Å². The Hall–Kier alpha value is -1.21. The van der Waals surface area contributed by atoms with E-state index in [0.717, 1.165) is 17.9 Å². The van der Waals surface area contributed by atoms with Crippen LogP contribution < -0.4 is 11.1 Å². The molecule has 0 bridgehead atoms. The number of hydrogen-bond acceptors (Lipinski definition) is 5. The molecule has 1 heterocycles. The Morgan fingerprint density at radius 1 is 1.59 bits per heavy atom. The first-order valence-corrected chi connectivity index (χ1v) is 6.62. The minimum absolute atomic E-state index is 0.0733. The zero-order valence-electron chi connectivity index (χ0n) is 9.63. The number of nitrogen functional groups attached to an aromatic ring is 1. The van der Waals surface area contributed by atoms with Gasteiger partial charge in [-0.2, -0.15) is 16.9 Å². The number of anilines is 1. The Kier molecular flexibility index (Phi) is 6.49. The SMILES string of the molecule is Nc1ccn(CC(=O)NCCSCCCO)n1. The second-order valence-electron chi connectivity index (χ2n) is 3.48. The van der Waals surface area contributed by atoms with Crippen LogP contribution in [0.25, 0.3) is 0 Å². The van der Waals surface area contributed by atoms with Gasteiger partial charge in [-0.25, -0.2) is 0 Å². The van der Waals surface area contributed by atoms with Gasteiger partial charge >= 0.3 is 0 Å². The lowest BCUT2D eigenvalue weighted by Crippen LogP contribution is -2.29. The lowest BCUT2D eigenvalue weighted by atomic mass is 10.5. The van der Waals surface area contributed by atoms with Crippen LogP contribution in [0.3, 0.4) is 0 Å². The van der Waals surface area contributed by atoms with Crippen molar-refractivity contribution < 1.29 is 9.90 Å². The van der Waals surface area contributed by atoms with Crippen molar-refractivity contribution in [2.24, 2.45) is 0 Å². The lowest BCUT2D eigenvalue weighted by Gasteiger charge is -2.05. The van der Waals surface area contributed by atoms with E-state index in [1.807, 2.05) is 0 Å². The van der Waals surface area contributed by atoms with Crippen LogP contribution in [0.15, 0.2) is 12.3 Å². The summed E-state index contributed by atoms with van der Waals surface area (Å²) in [6.45, 7) is 1.05. The third-order valence-electron chi connectivity index (χ3n) is 1.98.